The average molecular weight is 395 g/mol. The van der Waals surface area contributed by atoms with Crippen LogP contribution in [0.25, 0.3) is 6.08 Å². The molecule has 3 aromatic rings. The standard InChI is InChI=1S/C20H21N5O2S/c1-13-11-21-20(28-13)24-18-10-17(22-14(2)23-18)15-7-8-25(12-15)19(26)6-5-16-4-3-9-27-16/h3-6,9-11,15H,7-8,12H2,1-2H3,(H,21,22,23,24)/b6-5+/t15-/m0/s1. The summed E-state index contributed by atoms with van der Waals surface area (Å²) in [5, 5.41) is 4.07. The van der Waals surface area contributed by atoms with E-state index in [0.29, 0.717) is 24.7 Å². The molecule has 0 bridgehead atoms. The van der Waals surface area contributed by atoms with Crippen LogP contribution in [-0.4, -0.2) is 38.8 Å². The predicted octanol–water partition coefficient (Wildman–Crippen LogP) is 3.92. The first kappa shape index (κ1) is 18.4. The van der Waals surface area contributed by atoms with E-state index in [1.807, 2.05) is 37.1 Å². The van der Waals surface area contributed by atoms with Crippen molar-refractivity contribution < 1.29 is 9.21 Å². The fourth-order valence-electron chi connectivity index (χ4n) is 3.23. The second-order valence-corrected chi connectivity index (χ2v) is 7.98. The van der Waals surface area contributed by atoms with Crippen LogP contribution >= 0.6 is 11.3 Å². The summed E-state index contributed by atoms with van der Waals surface area (Å²) in [6, 6.07) is 5.58. The Kier molecular flexibility index (Phi) is 5.21. The highest BCUT2D eigenvalue weighted by atomic mass is 32.1. The Morgan fingerprint density at radius 2 is 2.29 bits per heavy atom. The smallest absolute Gasteiger partial charge is 0.246 e. The molecule has 4 rings (SSSR count). The molecule has 1 aliphatic heterocycles. The molecule has 8 heteroatoms. The highest BCUT2D eigenvalue weighted by molar-refractivity contribution is 7.15. The Morgan fingerprint density at radius 1 is 1.39 bits per heavy atom. The molecule has 4 heterocycles. The minimum atomic E-state index is -0.0127. The zero-order chi connectivity index (χ0) is 19.5. The molecule has 0 radical (unpaired) electrons. The monoisotopic (exact) mass is 395 g/mol. The number of nitrogens with zero attached hydrogens (tertiary/aromatic N) is 4. The number of likely N-dealkylation sites (tertiary alicyclic amines) is 1. The van der Waals surface area contributed by atoms with Crippen LogP contribution in [0.15, 0.2) is 41.2 Å². The van der Waals surface area contributed by atoms with Gasteiger partial charge >= 0.3 is 0 Å². The number of furan rings is 1. The van der Waals surface area contributed by atoms with Crippen LogP contribution in [0, 0.1) is 13.8 Å². The third-order valence-electron chi connectivity index (χ3n) is 4.57. The van der Waals surface area contributed by atoms with Gasteiger partial charge in [-0.05, 0) is 38.5 Å². The zero-order valence-electron chi connectivity index (χ0n) is 15.8. The molecule has 1 saturated heterocycles. The number of aryl methyl sites for hydroxylation is 2. The fourth-order valence-corrected chi connectivity index (χ4v) is 3.90. The lowest BCUT2D eigenvalue weighted by Crippen LogP contribution is -2.26. The first-order valence-corrected chi connectivity index (χ1v) is 9.94. The van der Waals surface area contributed by atoms with E-state index in [4.69, 9.17) is 4.42 Å². The quantitative estimate of drug-likeness (QED) is 0.659. The maximum Gasteiger partial charge on any atom is 0.246 e. The maximum absolute atomic E-state index is 12.4. The van der Waals surface area contributed by atoms with Crippen molar-refractivity contribution in [2.75, 3.05) is 18.4 Å². The third-order valence-corrected chi connectivity index (χ3v) is 5.39. The molecule has 7 nitrogen and oxygen atoms in total. The number of thiazole rings is 1. The van der Waals surface area contributed by atoms with Crippen LogP contribution in [0.4, 0.5) is 10.9 Å². The van der Waals surface area contributed by atoms with Crippen molar-refractivity contribution in [1.29, 1.82) is 0 Å². The van der Waals surface area contributed by atoms with E-state index in [1.165, 1.54) is 0 Å². The van der Waals surface area contributed by atoms with Crippen LogP contribution in [0.3, 0.4) is 0 Å². The van der Waals surface area contributed by atoms with Gasteiger partial charge in [-0.3, -0.25) is 4.79 Å². The second-order valence-electron chi connectivity index (χ2n) is 6.74. The number of amides is 1. The normalized spacial score (nSPS) is 16.8. The fraction of sp³-hybridized carbons (Fsp3) is 0.300. The minimum absolute atomic E-state index is 0.0127. The molecule has 1 aliphatic rings. The highest BCUT2D eigenvalue weighted by Gasteiger charge is 2.27. The SMILES string of the molecule is Cc1nc(Nc2ncc(C)s2)cc([C@H]2CCN(C(=O)/C=C/c3ccco3)C2)n1. The van der Waals surface area contributed by atoms with Crippen molar-refractivity contribution in [3.05, 3.63) is 58.9 Å². The minimum Gasteiger partial charge on any atom is -0.465 e. The number of rotatable bonds is 5. The molecule has 1 N–H and O–H groups in total. The molecule has 1 amide bonds. The number of hydrogen-bond acceptors (Lipinski definition) is 7. The van der Waals surface area contributed by atoms with Crippen LogP contribution in [0.5, 0.6) is 0 Å². The average Bonchev–Trinajstić information content (AvgIpc) is 3.41. The van der Waals surface area contributed by atoms with E-state index in [9.17, 15) is 4.79 Å². The molecule has 0 unspecified atom stereocenters. The van der Waals surface area contributed by atoms with Crippen molar-refractivity contribution in [3.63, 3.8) is 0 Å². The molecular formula is C20H21N5O2S. The largest absolute Gasteiger partial charge is 0.465 e. The zero-order valence-corrected chi connectivity index (χ0v) is 16.6. The summed E-state index contributed by atoms with van der Waals surface area (Å²) in [5.74, 6) is 2.29. The van der Waals surface area contributed by atoms with E-state index in [0.717, 1.165) is 27.9 Å². The van der Waals surface area contributed by atoms with E-state index < -0.39 is 0 Å². The van der Waals surface area contributed by atoms with Gasteiger partial charge in [-0.25, -0.2) is 15.0 Å². The first-order valence-electron chi connectivity index (χ1n) is 9.12. The summed E-state index contributed by atoms with van der Waals surface area (Å²) in [7, 11) is 0. The number of nitrogens with one attached hydrogen (secondary N) is 1. The molecule has 3 aromatic heterocycles. The Morgan fingerprint density at radius 3 is 3.04 bits per heavy atom. The van der Waals surface area contributed by atoms with Crippen molar-refractivity contribution in [2.24, 2.45) is 0 Å². The third kappa shape index (κ3) is 4.28. The number of aromatic nitrogens is 3. The molecule has 0 aliphatic carbocycles. The number of hydrogen-bond donors (Lipinski definition) is 1. The molecule has 28 heavy (non-hydrogen) atoms. The van der Waals surface area contributed by atoms with Crippen LogP contribution < -0.4 is 5.32 Å². The lowest BCUT2D eigenvalue weighted by atomic mass is 10.0. The van der Waals surface area contributed by atoms with Gasteiger partial charge in [0, 0.05) is 42.2 Å². The second kappa shape index (κ2) is 7.93. The molecule has 1 atom stereocenters. The van der Waals surface area contributed by atoms with Crippen molar-refractivity contribution in [2.45, 2.75) is 26.2 Å². The van der Waals surface area contributed by atoms with Crippen LogP contribution in [-0.2, 0) is 4.79 Å². The summed E-state index contributed by atoms with van der Waals surface area (Å²) in [5.41, 5.74) is 0.952. The number of anilines is 2. The first-order chi connectivity index (χ1) is 13.6. The van der Waals surface area contributed by atoms with Gasteiger partial charge in [0.15, 0.2) is 5.13 Å². The van der Waals surface area contributed by atoms with E-state index in [2.05, 4.69) is 20.3 Å². The topological polar surface area (TPSA) is 84.2 Å². The van der Waals surface area contributed by atoms with Gasteiger partial charge in [0.25, 0.3) is 0 Å². The Bertz CT molecular complexity index is 996. The number of carbonyl (C=O) groups excluding carboxylic acids is 1. The lowest BCUT2D eigenvalue weighted by molar-refractivity contribution is -0.124. The summed E-state index contributed by atoms with van der Waals surface area (Å²) in [6.45, 7) is 5.26. The van der Waals surface area contributed by atoms with Crippen LogP contribution in [0.1, 0.15) is 34.5 Å². The lowest BCUT2D eigenvalue weighted by Gasteiger charge is -2.15. The van der Waals surface area contributed by atoms with Gasteiger partial charge in [0.05, 0.1) is 12.0 Å². The summed E-state index contributed by atoms with van der Waals surface area (Å²) < 4.78 is 5.23. The van der Waals surface area contributed by atoms with Crippen molar-refractivity contribution in [3.8, 4) is 0 Å². The molecule has 0 aromatic carbocycles. The van der Waals surface area contributed by atoms with Gasteiger partial charge in [-0.1, -0.05) is 0 Å². The molecule has 1 fully saturated rings. The van der Waals surface area contributed by atoms with Gasteiger partial charge in [0.2, 0.25) is 5.91 Å². The van der Waals surface area contributed by atoms with E-state index >= 15 is 0 Å². The Labute approximate surface area is 167 Å². The van der Waals surface area contributed by atoms with E-state index in [-0.39, 0.29) is 11.8 Å². The molecular weight excluding hydrogens is 374 g/mol. The Balaban J connectivity index is 1.44. The van der Waals surface area contributed by atoms with Crippen LogP contribution in [0.2, 0.25) is 0 Å². The summed E-state index contributed by atoms with van der Waals surface area (Å²) in [4.78, 5) is 28.8. The van der Waals surface area contributed by atoms with Gasteiger partial charge in [-0.2, -0.15) is 0 Å². The molecule has 144 valence electrons. The van der Waals surface area contributed by atoms with Crippen molar-refractivity contribution >= 4 is 34.3 Å². The summed E-state index contributed by atoms with van der Waals surface area (Å²) >= 11 is 1.58. The summed E-state index contributed by atoms with van der Waals surface area (Å²) in [6.07, 6.45) is 7.56. The number of carbonyl (C=O) groups is 1. The predicted molar refractivity (Wildman–Crippen MR) is 109 cm³/mol. The molecule has 0 saturated carbocycles. The van der Waals surface area contributed by atoms with Gasteiger partial charge in [0.1, 0.15) is 17.4 Å². The highest BCUT2D eigenvalue weighted by Crippen LogP contribution is 2.29. The van der Waals surface area contributed by atoms with Gasteiger partial charge < -0.3 is 14.6 Å². The maximum atomic E-state index is 12.4. The van der Waals surface area contributed by atoms with Crippen molar-refractivity contribution in [1.82, 2.24) is 19.9 Å². The molecule has 0 spiro atoms. The van der Waals surface area contributed by atoms with E-state index in [1.54, 1.807) is 35.8 Å². The van der Waals surface area contributed by atoms with Gasteiger partial charge in [-0.15, -0.1) is 11.3 Å². The Hall–Kier alpha value is -3.00.